The first-order valence-corrected chi connectivity index (χ1v) is 14.4. The van der Waals surface area contributed by atoms with E-state index in [1.807, 2.05) is 0 Å². The van der Waals surface area contributed by atoms with Crippen LogP contribution in [0.1, 0.15) is 26.7 Å². The van der Waals surface area contributed by atoms with Crippen LogP contribution in [0.15, 0.2) is 10.6 Å². The molecule has 0 aliphatic carbocycles. The molecular formula is C21H32F2N6O6S2. The smallest absolute Gasteiger partial charge is 0.353 e. The molecule has 3 saturated heterocycles. The van der Waals surface area contributed by atoms with Crippen LogP contribution in [-0.4, -0.2) is 103 Å². The normalized spacial score (nSPS) is 33.1. The Morgan fingerprint density at radius 1 is 1.35 bits per heavy atom. The molecule has 4 aliphatic rings. The van der Waals surface area contributed by atoms with Crippen molar-refractivity contribution < 1.29 is 36.7 Å². The van der Waals surface area contributed by atoms with Gasteiger partial charge in [-0.15, -0.1) is 11.8 Å². The molecule has 0 unspecified atom stereocenters. The van der Waals surface area contributed by atoms with Crippen LogP contribution in [0.3, 0.4) is 0 Å². The van der Waals surface area contributed by atoms with E-state index in [0.29, 0.717) is 30.8 Å². The molecule has 4 rings (SSSR count). The number of amides is 2. The predicted molar refractivity (Wildman–Crippen MR) is 130 cm³/mol. The number of carbonyl (C=O) groups excluding carboxylic acids is 2. The van der Waals surface area contributed by atoms with Gasteiger partial charge in [-0.1, -0.05) is 6.92 Å². The summed E-state index contributed by atoms with van der Waals surface area (Å²) in [5.74, 6) is -4.44. The Kier molecular flexibility index (Phi) is 8.17. The Morgan fingerprint density at radius 2 is 2.05 bits per heavy atom. The lowest BCUT2D eigenvalue weighted by Gasteiger charge is -2.47. The van der Waals surface area contributed by atoms with Gasteiger partial charge in [-0.25, -0.2) is 9.52 Å². The van der Waals surface area contributed by atoms with Gasteiger partial charge >= 0.3 is 12.4 Å². The van der Waals surface area contributed by atoms with Gasteiger partial charge < -0.3 is 26.4 Å². The number of nitrogens with one attached hydrogen (secondary N) is 3. The summed E-state index contributed by atoms with van der Waals surface area (Å²) in [5, 5.41) is 15.2. The number of fused-ring (bicyclic) bond motifs is 1. The summed E-state index contributed by atoms with van der Waals surface area (Å²) in [6.07, 6.45) is -2.04. The number of thioether (sulfide) groups is 1. The zero-order valence-electron chi connectivity index (χ0n) is 20.4. The second kappa shape index (κ2) is 10.7. The van der Waals surface area contributed by atoms with E-state index in [1.54, 1.807) is 6.92 Å². The number of hydrogen-bond acceptors (Lipinski definition) is 8. The number of alkyl halides is 2. The van der Waals surface area contributed by atoms with E-state index in [1.165, 1.54) is 27.9 Å². The molecular weight excluding hydrogens is 534 g/mol. The van der Waals surface area contributed by atoms with Gasteiger partial charge in [0, 0.05) is 60.4 Å². The lowest BCUT2D eigenvalue weighted by molar-refractivity contribution is -0.159. The molecule has 0 saturated carbocycles. The maximum atomic E-state index is 12.8. The highest BCUT2D eigenvalue weighted by molar-refractivity contribution is 8.03. The van der Waals surface area contributed by atoms with Crippen LogP contribution in [0.25, 0.3) is 0 Å². The summed E-state index contributed by atoms with van der Waals surface area (Å²) < 4.78 is 54.3. The highest BCUT2D eigenvalue weighted by atomic mass is 32.2. The Hall–Kier alpha value is -1.85. The van der Waals surface area contributed by atoms with Crippen molar-refractivity contribution in [3.8, 4) is 0 Å². The number of carbonyl (C=O) groups is 3. The average molecular weight is 567 g/mol. The molecule has 4 aliphatic heterocycles. The zero-order valence-corrected chi connectivity index (χ0v) is 22.0. The van der Waals surface area contributed by atoms with Gasteiger partial charge in [-0.05, 0) is 19.8 Å². The predicted octanol–water partition coefficient (Wildman–Crippen LogP) is -1.14. The second-order valence-electron chi connectivity index (χ2n) is 9.97. The third-order valence-corrected chi connectivity index (χ3v) is 10.5. The number of rotatable bonds is 10. The number of hydrogen-bond donors (Lipinski definition) is 5. The van der Waals surface area contributed by atoms with Gasteiger partial charge in [0.2, 0.25) is 5.91 Å². The van der Waals surface area contributed by atoms with E-state index < -0.39 is 52.4 Å². The van der Waals surface area contributed by atoms with Crippen LogP contribution in [-0.2, 0) is 24.6 Å². The minimum absolute atomic E-state index is 0.0651. The summed E-state index contributed by atoms with van der Waals surface area (Å²) in [5.41, 5.74) is 5.68. The van der Waals surface area contributed by atoms with Crippen LogP contribution in [0.5, 0.6) is 0 Å². The van der Waals surface area contributed by atoms with Gasteiger partial charge in [0.15, 0.2) is 0 Å². The van der Waals surface area contributed by atoms with E-state index in [9.17, 15) is 36.7 Å². The standard InChI is InChI=1S/C21H32F2N6O6S2/c1-9-15-14(10(2)27-19(30)18(22)23)20(31)29(15)16(21(32)33)17(9)36-13-5-12(25-7-13)6-26-37(34,35)28-4-3-11(24)8-28/h9-15,18,25-26H,3-8,24H2,1-2H3,(H,27,30)(H,32,33)/t9-,10-,11-,12+,13+,14-,15-/m1/s1. The van der Waals surface area contributed by atoms with Crippen LogP contribution < -0.4 is 21.1 Å². The van der Waals surface area contributed by atoms with E-state index in [2.05, 4.69) is 15.4 Å². The molecule has 37 heavy (non-hydrogen) atoms. The van der Waals surface area contributed by atoms with E-state index in [4.69, 9.17) is 5.73 Å². The number of halogens is 2. The molecule has 0 aromatic heterocycles. The fourth-order valence-corrected chi connectivity index (χ4v) is 8.40. The van der Waals surface area contributed by atoms with Gasteiger partial charge in [0.05, 0.1) is 12.0 Å². The van der Waals surface area contributed by atoms with E-state index in [-0.39, 0.29) is 42.0 Å². The van der Waals surface area contributed by atoms with Crippen molar-refractivity contribution in [2.24, 2.45) is 17.6 Å². The molecule has 12 nitrogen and oxygen atoms in total. The Bertz CT molecular complexity index is 1090. The van der Waals surface area contributed by atoms with Crippen molar-refractivity contribution in [2.45, 2.75) is 62.5 Å². The molecule has 0 bridgehead atoms. The third kappa shape index (κ3) is 5.49. The molecule has 6 N–H and O–H groups in total. The maximum absolute atomic E-state index is 12.8. The molecule has 3 fully saturated rings. The van der Waals surface area contributed by atoms with Crippen molar-refractivity contribution in [1.29, 1.82) is 0 Å². The average Bonchev–Trinajstić information content (AvgIpc) is 3.51. The molecule has 0 spiro atoms. The number of nitrogens with two attached hydrogens (primary N) is 1. The lowest BCUT2D eigenvalue weighted by Crippen LogP contribution is -2.66. The molecule has 2 amide bonds. The SMILES string of the molecule is C[C@@H](NC(=O)C(F)F)[C@H]1C(=O)N2C(C(=O)O)=C(S[C@@H]3CN[C@H](CNS(=O)(=O)N4CC[C@@H](N)C4)C3)[C@H](C)[C@H]12. The minimum atomic E-state index is -3.64. The molecule has 7 atom stereocenters. The summed E-state index contributed by atoms with van der Waals surface area (Å²) >= 11 is 1.34. The highest BCUT2D eigenvalue weighted by Gasteiger charge is 2.60. The Balaban J connectivity index is 1.37. The maximum Gasteiger partial charge on any atom is 0.353 e. The monoisotopic (exact) mass is 566 g/mol. The third-order valence-electron chi connectivity index (χ3n) is 7.41. The first-order valence-electron chi connectivity index (χ1n) is 12.1. The van der Waals surface area contributed by atoms with Crippen molar-refractivity contribution in [3.05, 3.63) is 10.6 Å². The molecule has 16 heteroatoms. The molecule has 208 valence electrons. The zero-order chi connectivity index (χ0) is 27.2. The summed E-state index contributed by atoms with van der Waals surface area (Å²) in [6.45, 7) is 4.57. The number of β-lactam (4-membered cyclic amide) rings is 1. The number of carboxylic acid groups (broad SMARTS) is 1. The van der Waals surface area contributed by atoms with Gasteiger partial charge in [0.25, 0.3) is 16.1 Å². The summed E-state index contributed by atoms with van der Waals surface area (Å²) in [6, 6.07) is -1.77. The minimum Gasteiger partial charge on any atom is -0.477 e. The summed E-state index contributed by atoms with van der Waals surface area (Å²) in [4.78, 5) is 38.1. The van der Waals surface area contributed by atoms with Crippen LogP contribution in [0.2, 0.25) is 0 Å². The fourth-order valence-electron chi connectivity index (χ4n) is 5.55. The molecule has 0 aromatic carbocycles. The van der Waals surface area contributed by atoms with Crippen LogP contribution in [0.4, 0.5) is 8.78 Å². The number of aliphatic carboxylic acids is 1. The van der Waals surface area contributed by atoms with Crippen molar-refractivity contribution in [1.82, 2.24) is 24.6 Å². The molecule has 0 radical (unpaired) electrons. The van der Waals surface area contributed by atoms with Crippen molar-refractivity contribution in [3.63, 3.8) is 0 Å². The van der Waals surface area contributed by atoms with Gasteiger partial charge in [0.1, 0.15) is 5.70 Å². The van der Waals surface area contributed by atoms with Crippen LogP contribution >= 0.6 is 11.8 Å². The van der Waals surface area contributed by atoms with Gasteiger partial charge in [-0.2, -0.15) is 21.5 Å². The van der Waals surface area contributed by atoms with E-state index >= 15 is 0 Å². The first-order chi connectivity index (χ1) is 17.3. The first kappa shape index (κ1) is 28.2. The molecule has 0 aromatic rings. The number of carboxylic acids is 1. The fraction of sp³-hybridized carbons (Fsp3) is 0.762. The molecule has 4 heterocycles. The van der Waals surface area contributed by atoms with Gasteiger partial charge in [-0.3, -0.25) is 9.59 Å². The van der Waals surface area contributed by atoms with E-state index in [0.717, 1.165) is 0 Å². The van der Waals surface area contributed by atoms with Crippen LogP contribution in [0, 0.1) is 11.8 Å². The summed E-state index contributed by atoms with van der Waals surface area (Å²) in [7, 11) is -3.64. The Labute approximate surface area is 217 Å². The highest BCUT2D eigenvalue weighted by Crippen LogP contribution is 2.51. The second-order valence-corrected chi connectivity index (χ2v) is 13.1. The van der Waals surface area contributed by atoms with Crippen molar-refractivity contribution >= 4 is 39.8 Å². The Morgan fingerprint density at radius 3 is 2.65 bits per heavy atom. The van der Waals surface area contributed by atoms with Crippen molar-refractivity contribution in [2.75, 3.05) is 26.2 Å². The lowest BCUT2D eigenvalue weighted by atomic mass is 9.78. The topological polar surface area (TPSA) is 174 Å². The number of nitrogens with zero attached hydrogens (tertiary/aromatic N) is 2. The largest absolute Gasteiger partial charge is 0.477 e. The quantitative estimate of drug-likeness (QED) is 0.205.